The minimum atomic E-state index is -0.450. The average Bonchev–Trinajstić information content (AvgIpc) is 2.72. The van der Waals surface area contributed by atoms with Crippen molar-refractivity contribution < 1.29 is 19.1 Å². The Balaban J connectivity index is 2.50. The molecule has 4 heteroatoms. The van der Waals surface area contributed by atoms with Gasteiger partial charge in [0, 0.05) is 0 Å². The minimum Gasteiger partial charge on any atom is -0.459 e. The van der Waals surface area contributed by atoms with Gasteiger partial charge in [0.2, 0.25) is 0 Å². The number of ether oxygens (including phenoxy) is 2. The molecule has 1 aromatic rings. The molecule has 0 spiro atoms. The molecule has 32 heavy (non-hydrogen) atoms. The normalized spacial score (nSPS) is 13.2. The van der Waals surface area contributed by atoms with Crippen LogP contribution in [-0.4, -0.2) is 24.1 Å². The van der Waals surface area contributed by atoms with Gasteiger partial charge < -0.3 is 9.47 Å². The van der Waals surface area contributed by atoms with E-state index in [-0.39, 0.29) is 23.3 Å². The zero-order valence-electron chi connectivity index (χ0n) is 21.3. The van der Waals surface area contributed by atoms with Crippen LogP contribution in [0.5, 0.6) is 0 Å². The van der Waals surface area contributed by atoms with E-state index in [2.05, 4.69) is 27.7 Å². The topological polar surface area (TPSA) is 52.6 Å². The Hall–Kier alpha value is -1.84. The molecule has 0 radical (unpaired) electrons. The van der Waals surface area contributed by atoms with E-state index >= 15 is 0 Å². The molecule has 1 rings (SSSR count). The van der Waals surface area contributed by atoms with E-state index in [4.69, 9.17) is 9.47 Å². The predicted octanol–water partition coefficient (Wildman–Crippen LogP) is 7.99. The molecule has 2 atom stereocenters. The van der Waals surface area contributed by atoms with Crippen molar-refractivity contribution in [3.05, 3.63) is 35.4 Å². The maximum absolute atomic E-state index is 12.7. The van der Waals surface area contributed by atoms with Gasteiger partial charge in [-0.05, 0) is 63.5 Å². The number of carbonyl (C=O) groups is 2. The fraction of sp³-hybridized carbons (Fsp3) is 0.714. The minimum absolute atomic E-state index is 0.171. The van der Waals surface area contributed by atoms with Gasteiger partial charge in [-0.3, -0.25) is 0 Å². The van der Waals surface area contributed by atoms with Gasteiger partial charge in [0.15, 0.2) is 0 Å². The second-order valence-corrected chi connectivity index (χ2v) is 10.0. The van der Waals surface area contributed by atoms with E-state index in [1.165, 1.54) is 25.7 Å². The van der Waals surface area contributed by atoms with Crippen molar-refractivity contribution in [1.82, 2.24) is 0 Å². The highest BCUT2D eigenvalue weighted by atomic mass is 16.5. The molecule has 182 valence electrons. The number of unbranched alkanes of at least 4 members (excludes halogenated alkanes) is 4. The molecule has 1 aromatic carbocycles. The van der Waals surface area contributed by atoms with Crippen molar-refractivity contribution in [3.8, 4) is 0 Å². The number of rotatable bonds is 16. The Morgan fingerprint density at radius 3 is 1.28 bits per heavy atom. The summed E-state index contributed by atoms with van der Waals surface area (Å²) in [5, 5.41) is 0. The third-order valence-electron chi connectivity index (χ3n) is 5.77. The molecule has 0 heterocycles. The van der Waals surface area contributed by atoms with Gasteiger partial charge in [-0.1, -0.05) is 78.4 Å². The van der Waals surface area contributed by atoms with E-state index in [1.807, 2.05) is 13.8 Å². The lowest BCUT2D eigenvalue weighted by atomic mass is 10.0. The first kappa shape index (κ1) is 28.2. The van der Waals surface area contributed by atoms with Gasteiger partial charge in [0.25, 0.3) is 0 Å². The molecular weight excluding hydrogens is 400 g/mol. The third-order valence-corrected chi connectivity index (χ3v) is 5.77. The van der Waals surface area contributed by atoms with Crippen molar-refractivity contribution in [2.75, 3.05) is 0 Å². The average molecular weight is 447 g/mol. The van der Waals surface area contributed by atoms with Crippen LogP contribution in [-0.2, 0) is 9.47 Å². The highest BCUT2D eigenvalue weighted by Crippen LogP contribution is 2.18. The summed E-state index contributed by atoms with van der Waals surface area (Å²) < 4.78 is 11.2. The Labute approximate surface area is 196 Å². The number of hydrogen-bond acceptors (Lipinski definition) is 4. The van der Waals surface area contributed by atoms with Gasteiger partial charge in [0.1, 0.15) is 0 Å². The Morgan fingerprint density at radius 2 is 0.938 bits per heavy atom. The summed E-state index contributed by atoms with van der Waals surface area (Å²) in [6.45, 7) is 12.8. The summed E-state index contributed by atoms with van der Waals surface area (Å²) >= 11 is 0. The van der Waals surface area contributed by atoms with Crippen molar-refractivity contribution in [1.29, 1.82) is 0 Å². The van der Waals surface area contributed by atoms with Gasteiger partial charge in [-0.25, -0.2) is 9.59 Å². The molecule has 4 nitrogen and oxygen atoms in total. The van der Waals surface area contributed by atoms with E-state index in [9.17, 15) is 9.59 Å². The largest absolute Gasteiger partial charge is 0.459 e. The molecule has 0 aliphatic rings. The quantitative estimate of drug-likeness (QED) is 0.191. The van der Waals surface area contributed by atoms with Crippen LogP contribution in [0.2, 0.25) is 0 Å². The smallest absolute Gasteiger partial charge is 0.339 e. The lowest BCUT2D eigenvalue weighted by Crippen LogP contribution is -2.21. The number of carbonyl (C=O) groups excluding carboxylic acids is 2. The van der Waals surface area contributed by atoms with Crippen LogP contribution >= 0.6 is 0 Å². The highest BCUT2D eigenvalue weighted by Gasteiger charge is 2.22. The highest BCUT2D eigenvalue weighted by molar-refractivity contribution is 6.03. The monoisotopic (exact) mass is 446 g/mol. The van der Waals surface area contributed by atoms with Crippen LogP contribution in [0.25, 0.3) is 0 Å². The SMILES string of the molecule is CC(C)CCCCCC(C)OC(=O)c1ccccc1C(=O)OC(C)CCCCCC(C)C. The molecule has 0 N–H and O–H groups in total. The second kappa shape index (κ2) is 15.9. The molecule has 0 saturated heterocycles. The molecular formula is C28H46O4. The summed E-state index contributed by atoms with van der Waals surface area (Å²) in [6, 6.07) is 6.79. The lowest BCUT2D eigenvalue weighted by molar-refractivity contribution is 0.0270. The first-order valence-electron chi connectivity index (χ1n) is 12.7. The molecule has 0 fully saturated rings. The summed E-state index contributed by atoms with van der Waals surface area (Å²) in [4.78, 5) is 25.4. The first-order chi connectivity index (χ1) is 15.2. The molecule has 0 bridgehead atoms. The fourth-order valence-corrected chi connectivity index (χ4v) is 3.77. The van der Waals surface area contributed by atoms with Crippen LogP contribution < -0.4 is 0 Å². The van der Waals surface area contributed by atoms with Gasteiger partial charge >= 0.3 is 11.9 Å². The van der Waals surface area contributed by atoms with Crippen LogP contribution in [0.4, 0.5) is 0 Å². The third kappa shape index (κ3) is 12.3. The van der Waals surface area contributed by atoms with Crippen molar-refractivity contribution in [2.45, 2.75) is 118 Å². The molecule has 0 saturated carbocycles. The van der Waals surface area contributed by atoms with E-state index in [0.29, 0.717) is 0 Å². The lowest BCUT2D eigenvalue weighted by Gasteiger charge is -2.17. The van der Waals surface area contributed by atoms with Crippen LogP contribution in [0, 0.1) is 11.8 Å². The maximum atomic E-state index is 12.7. The van der Waals surface area contributed by atoms with E-state index < -0.39 is 11.9 Å². The maximum Gasteiger partial charge on any atom is 0.339 e. The molecule has 0 aliphatic heterocycles. The Morgan fingerprint density at radius 1 is 0.594 bits per heavy atom. The van der Waals surface area contributed by atoms with Crippen LogP contribution in [0.1, 0.15) is 126 Å². The van der Waals surface area contributed by atoms with E-state index in [1.54, 1.807) is 24.3 Å². The molecule has 0 aromatic heterocycles. The Kier molecular flexibility index (Phi) is 14.0. The number of benzene rings is 1. The van der Waals surface area contributed by atoms with E-state index in [0.717, 1.165) is 50.4 Å². The standard InChI is InChI=1S/C28H46O4/c1-21(2)15-9-7-11-17-23(5)31-27(29)25-19-13-14-20-26(25)28(30)32-24(6)18-12-8-10-16-22(3)4/h13-14,19-24H,7-12,15-18H2,1-6H3. The fourth-order valence-electron chi connectivity index (χ4n) is 3.77. The van der Waals surface area contributed by atoms with Gasteiger partial charge in [0.05, 0.1) is 23.3 Å². The number of hydrogen-bond donors (Lipinski definition) is 0. The second-order valence-electron chi connectivity index (χ2n) is 10.0. The van der Waals surface area contributed by atoms with Crippen molar-refractivity contribution in [3.63, 3.8) is 0 Å². The predicted molar refractivity (Wildman–Crippen MR) is 132 cm³/mol. The first-order valence-corrected chi connectivity index (χ1v) is 12.7. The molecule has 0 amide bonds. The van der Waals surface area contributed by atoms with Crippen LogP contribution in [0.15, 0.2) is 24.3 Å². The van der Waals surface area contributed by atoms with Crippen LogP contribution in [0.3, 0.4) is 0 Å². The van der Waals surface area contributed by atoms with Crippen molar-refractivity contribution >= 4 is 11.9 Å². The summed E-state index contributed by atoms with van der Waals surface area (Å²) in [5.74, 6) is 0.561. The molecule has 0 aliphatic carbocycles. The zero-order valence-corrected chi connectivity index (χ0v) is 21.3. The molecule has 2 unspecified atom stereocenters. The van der Waals surface area contributed by atoms with Gasteiger partial charge in [-0.15, -0.1) is 0 Å². The summed E-state index contributed by atoms with van der Waals surface area (Å²) in [5.41, 5.74) is 0.571. The summed E-state index contributed by atoms with van der Waals surface area (Å²) in [7, 11) is 0. The summed E-state index contributed by atoms with van der Waals surface area (Å²) in [6.07, 6.45) is 10.6. The van der Waals surface area contributed by atoms with Gasteiger partial charge in [-0.2, -0.15) is 0 Å². The number of esters is 2. The zero-order chi connectivity index (χ0) is 23.9. The Bertz CT molecular complexity index is 608. The van der Waals surface area contributed by atoms with Crippen molar-refractivity contribution in [2.24, 2.45) is 11.8 Å².